The molecule has 0 radical (unpaired) electrons. The smallest absolute Gasteiger partial charge is 0.263 e. The Morgan fingerprint density at radius 2 is 1.93 bits per heavy atom. The number of nitrogens with zero attached hydrogens (tertiary/aromatic N) is 2. The topological polar surface area (TPSA) is 54.5 Å². The van der Waals surface area contributed by atoms with E-state index < -0.39 is 6.10 Å². The lowest BCUT2D eigenvalue weighted by atomic mass is 10.1. The van der Waals surface area contributed by atoms with Gasteiger partial charge in [0.1, 0.15) is 5.75 Å². The summed E-state index contributed by atoms with van der Waals surface area (Å²) in [6, 6.07) is 18.4. The lowest BCUT2D eigenvalue weighted by Gasteiger charge is -2.36. The molecule has 0 fully saturated rings. The first kappa shape index (κ1) is 19.2. The van der Waals surface area contributed by atoms with Gasteiger partial charge in [0.25, 0.3) is 5.91 Å². The Morgan fingerprint density at radius 3 is 2.76 bits per heavy atom. The molecule has 29 heavy (non-hydrogen) atoms. The summed E-state index contributed by atoms with van der Waals surface area (Å²) in [6.45, 7) is 5.35. The summed E-state index contributed by atoms with van der Waals surface area (Å²) in [7, 11) is 0. The molecular weight excluding hydrogens is 362 g/mol. The van der Waals surface area contributed by atoms with Gasteiger partial charge in [-0.2, -0.15) is 0 Å². The third-order valence-electron chi connectivity index (χ3n) is 5.56. The fourth-order valence-corrected chi connectivity index (χ4v) is 3.88. The van der Waals surface area contributed by atoms with Crippen LogP contribution in [-0.4, -0.2) is 29.6 Å². The van der Waals surface area contributed by atoms with Crippen LogP contribution in [0.15, 0.2) is 60.8 Å². The highest BCUT2D eigenvalue weighted by molar-refractivity contribution is 5.84. The Labute approximate surface area is 171 Å². The number of ether oxygens (including phenoxy) is 1. The first-order valence-electron chi connectivity index (χ1n) is 10.3. The van der Waals surface area contributed by atoms with Crippen molar-refractivity contribution in [3.8, 4) is 5.75 Å². The van der Waals surface area contributed by atoms with Crippen molar-refractivity contribution in [2.75, 3.05) is 11.4 Å². The minimum Gasteiger partial charge on any atom is -0.477 e. The maximum atomic E-state index is 12.9. The number of anilines is 1. The van der Waals surface area contributed by atoms with Crippen LogP contribution in [0, 0.1) is 0 Å². The maximum absolute atomic E-state index is 12.9. The van der Waals surface area contributed by atoms with E-state index >= 15 is 0 Å². The molecule has 1 amide bonds. The van der Waals surface area contributed by atoms with Gasteiger partial charge >= 0.3 is 0 Å². The SMILES string of the molecule is CCC(CC)NC(=O)C1CN(Cc2cccc3cccnc23)c2ccccc2O1. The summed E-state index contributed by atoms with van der Waals surface area (Å²) in [6.07, 6.45) is 3.12. The summed E-state index contributed by atoms with van der Waals surface area (Å²) < 4.78 is 6.07. The van der Waals surface area contributed by atoms with Gasteiger partial charge in [-0.15, -0.1) is 0 Å². The van der Waals surface area contributed by atoms with Gasteiger partial charge in [-0.25, -0.2) is 0 Å². The number of hydrogen-bond donors (Lipinski definition) is 1. The standard InChI is InChI=1S/C24H27N3O2/c1-3-19(4-2)26-24(28)22-16-27(20-12-5-6-13-21(20)29-22)15-18-10-7-9-17-11-8-14-25-23(17)18/h5-14,19,22H,3-4,15-16H2,1-2H3,(H,26,28). The molecule has 1 atom stereocenters. The van der Waals surface area contributed by atoms with Crippen LogP contribution in [0.4, 0.5) is 5.69 Å². The van der Waals surface area contributed by atoms with E-state index in [2.05, 4.69) is 53.3 Å². The molecule has 0 saturated heterocycles. The Kier molecular flexibility index (Phi) is 5.65. The van der Waals surface area contributed by atoms with E-state index in [1.54, 1.807) is 0 Å². The Hall–Kier alpha value is -3.08. The highest BCUT2D eigenvalue weighted by Gasteiger charge is 2.31. The summed E-state index contributed by atoms with van der Waals surface area (Å²) in [4.78, 5) is 19.7. The largest absolute Gasteiger partial charge is 0.477 e. The number of amides is 1. The molecule has 1 N–H and O–H groups in total. The van der Waals surface area contributed by atoms with E-state index in [-0.39, 0.29) is 11.9 Å². The van der Waals surface area contributed by atoms with Crippen LogP contribution in [0.2, 0.25) is 0 Å². The van der Waals surface area contributed by atoms with Crippen molar-refractivity contribution in [2.24, 2.45) is 0 Å². The molecule has 0 aliphatic carbocycles. The minimum absolute atomic E-state index is 0.0470. The second kappa shape index (κ2) is 8.52. The van der Waals surface area contributed by atoms with E-state index in [0.29, 0.717) is 13.1 Å². The predicted octanol–water partition coefficient (Wildman–Crippen LogP) is 4.31. The molecule has 0 spiro atoms. The second-order valence-corrected chi connectivity index (χ2v) is 7.47. The molecule has 1 unspecified atom stereocenters. The number of para-hydroxylation sites is 3. The molecule has 2 aromatic carbocycles. The van der Waals surface area contributed by atoms with Crippen LogP contribution < -0.4 is 15.0 Å². The van der Waals surface area contributed by atoms with Gasteiger partial charge in [-0.05, 0) is 36.6 Å². The van der Waals surface area contributed by atoms with Crippen LogP contribution in [0.5, 0.6) is 5.75 Å². The molecule has 1 aliphatic heterocycles. The van der Waals surface area contributed by atoms with Gasteiger partial charge in [-0.3, -0.25) is 9.78 Å². The molecule has 0 saturated carbocycles. The van der Waals surface area contributed by atoms with Crippen molar-refractivity contribution < 1.29 is 9.53 Å². The van der Waals surface area contributed by atoms with E-state index in [1.807, 2.05) is 36.5 Å². The van der Waals surface area contributed by atoms with Gasteiger partial charge < -0.3 is 15.0 Å². The van der Waals surface area contributed by atoms with Crippen molar-refractivity contribution >= 4 is 22.5 Å². The van der Waals surface area contributed by atoms with Crippen molar-refractivity contribution in [2.45, 2.75) is 45.4 Å². The molecule has 5 heteroatoms. The van der Waals surface area contributed by atoms with Crippen LogP contribution in [-0.2, 0) is 11.3 Å². The average molecular weight is 389 g/mol. The highest BCUT2D eigenvalue weighted by Crippen LogP contribution is 2.34. The lowest BCUT2D eigenvalue weighted by molar-refractivity contribution is -0.128. The van der Waals surface area contributed by atoms with Crippen LogP contribution in [0.25, 0.3) is 10.9 Å². The Bertz CT molecular complexity index is 995. The molecule has 3 aromatic rings. The molecule has 1 aliphatic rings. The Balaban J connectivity index is 1.62. The molecule has 150 valence electrons. The van der Waals surface area contributed by atoms with E-state index in [4.69, 9.17) is 4.74 Å². The second-order valence-electron chi connectivity index (χ2n) is 7.47. The van der Waals surface area contributed by atoms with Gasteiger partial charge in [0, 0.05) is 24.2 Å². The molecule has 2 heterocycles. The third kappa shape index (κ3) is 4.04. The summed E-state index contributed by atoms with van der Waals surface area (Å²) in [5.41, 5.74) is 3.14. The quantitative estimate of drug-likeness (QED) is 0.683. The zero-order valence-electron chi connectivity index (χ0n) is 17.0. The van der Waals surface area contributed by atoms with Crippen molar-refractivity contribution in [1.29, 1.82) is 0 Å². The molecule has 5 nitrogen and oxygen atoms in total. The zero-order valence-corrected chi connectivity index (χ0v) is 17.0. The van der Waals surface area contributed by atoms with Crippen LogP contribution in [0.1, 0.15) is 32.3 Å². The van der Waals surface area contributed by atoms with Crippen molar-refractivity contribution in [3.05, 3.63) is 66.4 Å². The van der Waals surface area contributed by atoms with E-state index in [9.17, 15) is 4.79 Å². The molecular formula is C24H27N3O2. The molecule has 0 bridgehead atoms. The zero-order chi connectivity index (χ0) is 20.2. The fourth-order valence-electron chi connectivity index (χ4n) is 3.88. The monoisotopic (exact) mass is 389 g/mol. The summed E-state index contributed by atoms with van der Waals surface area (Å²) in [5.74, 6) is 0.700. The first-order chi connectivity index (χ1) is 14.2. The van der Waals surface area contributed by atoms with Gasteiger partial charge in [0.2, 0.25) is 0 Å². The number of rotatable bonds is 6. The van der Waals surface area contributed by atoms with Gasteiger partial charge in [-0.1, -0.05) is 50.2 Å². The predicted molar refractivity (Wildman–Crippen MR) is 116 cm³/mol. The number of carbonyl (C=O) groups is 1. The average Bonchev–Trinajstić information content (AvgIpc) is 2.77. The number of pyridine rings is 1. The number of hydrogen-bond acceptors (Lipinski definition) is 4. The summed E-state index contributed by atoms with van der Waals surface area (Å²) >= 11 is 0. The van der Waals surface area contributed by atoms with Gasteiger partial charge in [0.15, 0.2) is 6.10 Å². The number of nitrogens with one attached hydrogen (secondary N) is 1. The number of carbonyl (C=O) groups excluding carboxylic acids is 1. The van der Waals surface area contributed by atoms with Crippen molar-refractivity contribution in [3.63, 3.8) is 0 Å². The minimum atomic E-state index is -0.534. The third-order valence-corrected chi connectivity index (χ3v) is 5.56. The molecule has 4 rings (SSSR count). The van der Waals surface area contributed by atoms with Crippen LogP contribution >= 0.6 is 0 Å². The maximum Gasteiger partial charge on any atom is 0.263 e. The van der Waals surface area contributed by atoms with E-state index in [0.717, 1.165) is 40.7 Å². The van der Waals surface area contributed by atoms with E-state index in [1.165, 1.54) is 0 Å². The normalized spacial score (nSPS) is 15.8. The number of fused-ring (bicyclic) bond motifs is 2. The first-order valence-corrected chi connectivity index (χ1v) is 10.3. The van der Waals surface area contributed by atoms with Gasteiger partial charge in [0.05, 0.1) is 17.7 Å². The lowest BCUT2D eigenvalue weighted by Crippen LogP contribution is -2.51. The number of benzene rings is 2. The molecule has 1 aromatic heterocycles. The summed E-state index contributed by atoms with van der Waals surface area (Å²) in [5, 5.41) is 4.25. The van der Waals surface area contributed by atoms with Crippen LogP contribution in [0.3, 0.4) is 0 Å². The van der Waals surface area contributed by atoms with Crippen molar-refractivity contribution in [1.82, 2.24) is 10.3 Å². The fraction of sp³-hybridized carbons (Fsp3) is 0.333. The number of aromatic nitrogens is 1. The highest BCUT2D eigenvalue weighted by atomic mass is 16.5. The Morgan fingerprint density at radius 1 is 1.14 bits per heavy atom.